The van der Waals surface area contributed by atoms with Crippen molar-refractivity contribution in [2.75, 3.05) is 31.1 Å². The molecule has 2 fully saturated rings. The smallest absolute Gasteiger partial charge is 0.347 e. The first-order valence-corrected chi connectivity index (χ1v) is 7.74. The van der Waals surface area contributed by atoms with Crippen molar-refractivity contribution in [3.8, 4) is 0 Å². The number of hydrogen-bond donors (Lipinski definition) is 1. The number of aromatic carboxylic acids is 1. The average molecular weight is 281 g/mol. The predicted octanol–water partition coefficient (Wildman–Crippen LogP) is 1.91. The van der Waals surface area contributed by atoms with E-state index in [9.17, 15) is 4.79 Å². The number of likely N-dealkylation sites (tertiary alicyclic amines) is 1. The van der Waals surface area contributed by atoms with Crippen LogP contribution >= 0.6 is 11.3 Å². The minimum Gasteiger partial charge on any atom is -0.477 e. The van der Waals surface area contributed by atoms with Crippen molar-refractivity contribution < 1.29 is 9.90 Å². The van der Waals surface area contributed by atoms with Gasteiger partial charge in [0.05, 0.1) is 6.20 Å². The van der Waals surface area contributed by atoms with Crippen LogP contribution in [0.2, 0.25) is 0 Å². The summed E-state index contributed by atoms with van der Waals surface area (Å²) in [6, 6.07) is 0.623. The highest BCUT2D eigenvalue weighted by molar-refractivity contribution is 7.17. The van der Waals surface area contributed by atoms with Crippen molar-refractivity contribution >= 4 is 22.4 Å². The fourth-order valence-corrected chi connectivity index (χ4v) is 3.80. The van der Waals surface area contributed by atoms with Gasteiger partial charge >= 0.3 is 5.97 Å². The van der Waals surface area contributed by atoms with E-state index in [2.05, 4.69) is 14.8 Å². The number of anilines is 1. The second-order valence-corrected chi connectivity index (χ2v) is 6.31. The van der Waals surface area contributed by atoms with Gasteiger partial charge < -0.3 is 10.0 Å². The van der Waals surface area contributed by atoms with Crippen LogP contribution in [0.25, 0.3) is 0 Å². The lowest BCUT2D eigenvalue weighted by Gasteiger charge is -2.32. The lowest BCUT2D eigenvalue weighted by Crippen LogP contribution is -2.40. The van der Waals surface area contributed by atoms with Crippen LogP contribution in [-0.2, 0) is 0 Å². The molecule has 104 valence electrons. The van der Waals surface area contributed by atoms with Crippen molar-refractivity contribution in [3.63, 3.8) is 0 Å². The fraction of sp³-hybridized carbons (Fsp3) is 0.692. The van der Waals surface area contributed by atoms with Gasteiger partial charge in [-0.25, -0.2) is 9.78 Å². The minimum atomic E-state index is -0.879. The Labute approximate surface area is 116 Å². The Kier molecular flexibility index (Phi) is 3.70. The van der Waals surface area contributed by atoms with Gasteiger partial charge in [-0.3, -0.25) is 4.90 Å². The van der Waals surface area contributed by atoms with Gasteiger partial charge in [0.15, 0.2) is 5.13 Å². The zero-order chi connectivity index (χ0) is 13.2. The van der Waals surface area contributed by atoms with E-state index in [4.69, 9.17) is 5.11 Å². The average Bonchev–Trinajstić information content (AvgIpc) is 3.09. The Morgan fingerprint density at radius 2 is 2.11 bits per heavy atom. The maximum Gasteiger partial charge on any atom is 0.347 e. The van der Waals surface area contributed by atoms with Gasteiger partial charge in [0, 0.05) is 19.1 Å². The molecule has 0 aromatic carbocycles. The third-order valence-electron chi connectivity index (χ3n) is 4.05. The standard InChI is InChI=1S/C13H19N3O2S/c17-12(18)11-8-14-13(19-11)16-7-4-10(9-16)15-5-2-1-3-6-15/h8,10H,1-7,9H2,(H,17,18). The van der Waals surface area contributed by atoms with E-state index in [0.29, 0.717) is 10.9 Å². The van der Waals surface area contributed by atoms with Crippen LogP contribution in [0.1, 0.15) is 35.4 Å². The molecule has 0 radical (unpaired) electrons. The molecule has 0 spiro atoms. The zero-order valence-corrected chi connectivity index (χ0v) is 11.7. The third kappa shape index (κ3) is 2.74. The molecule has 6 heteroatoms. The van der Waals surface area contributed by atoms with E-state index < -0.39 is 5.97 Å². The third-order valence-corrected chi connectivity index (χ3v) is 5.09. The Balaban J connectivity index is 1.62. The molecular formula is C13H19N3O2S. The molecule has 0 bridgehead atoms. The molecule has 0 aliphatic carbocycles. The summed E-state index contributed by atoms with van der Waals surface area (Å²) in [4.78, 5) is 20.3. The van der Waals surface area contributed by atoms with Gasteiger partial charge in [-0.15, -0.1) is 0 Å². The summed E-state index contributed by atoms with van der Waals surface area (Å²) < 4.78 is 0. The first kappa shape index (κ1) is 12.9. The van der Waals surface area contributed by atoms with Gasteiger partial charge in [-0.1, -0.05) is 17.8 Å². The number of carboxylic acids is 1. The molecule has 1 unspecified atom stereocenters. The quantitative estimate of drug-likeness (QED) is 0.917. The maximum atomic E-state index is 10.9. The largest absolute Gasteiger partial charge is 0.477 e. The first-order chi connectivity index (χ1) is 9.24. The second-order valence-electron chi connectivity index (χ2n) is 5.30. The Morgan fingerprint density at radius 1 is 1.32 bits per heavy atom. The Hall–Kier alpha value is -1.14. The summed E-state index contributed by atoms with van der Waals surface area (Å²) in [7, 11) is 0. The summed E-state index contributed by atoms with van der Waals surface area (Å²) in [5.74, 6) is -0.879. The molecule has 0 amide bonds. The molecule has 1 atom stereocenters. The number of carboxylic acid groups (broad SMARTS) is 1. The molecule has 2 saturated heterocycles. The summed E-state index contributed by atoms with van der Waals surface area (Å²) >= 11 is 1.28. The molecule has 3 heterocycles. The van der Waals surface area contributed by atoms with Crippen LogP contribution in [0, 0.1) is 0 Å². The summed E-state index contributed by atoms with van der Waals surface area (Å²) in [5.41, 5.74) is 0. The molecule has 1 N–H and O–H groups in total. The topological polar surface area (TPSA) is 56.7 Å². The number of rotatable bonds is 3. The fourth-order valence-electron chi connectivity index (χ4n) is 3.01. The van der Waals surface area contributed by atoms with Gasteiger partial charge in [-0.2, -0.15) is 0 Å². The first-order valence-electron chi connectivity index (χ1n) is 6.92. The number of piperidine rings is 1. The summed E-state index contributed by atoms with van der Waals surface area (Å²) in [6.45, 7) is 4.42. The molecule has 1 aromatic rings. The molecule has 5 nitrogen and oxygen atoms in total. The summed E-state index contributed by atoms with van der Waals surface area (Å²) in [6.07, 6.45) is 6.63. The van der Waals surface area contributed by atoms with Crippen molar-refractivity contribution in [2.24, 2.45) is 0 Å². The van der Waals surface area contributed by atoms with Crippen molar-refractivity contribution in [3.05, 3.63) is 11.1 Å². The molecule has 1 aromatic heterocycles. The number of thiazole rings is 1. The highest BCUT2D eigenvalue weighted by atomic mass is 32.1. The van der Waals surface area contributed by atoms with Crippen LogP contribution < -0.4 is 4.90 Å². The second kappa shape index (κ2) is 5.46. The van der Waals surface area contributed by atoms with E-state index in [-0.39, 0.29) is 0 Å². The highest BCUT2D eigenvalue weighted by Gasteiger charge is 2.30. The number of aromatic nitrogens is 1. The number of carbonyl (C=O) groups is 1. The van der Waals surface area contributed by atoms with Gasteiger partial charge in [0.25, 0.3) is 0 Å². The van der Waals surface area contributed by atoms with E-state index in [0.717, 1.165) is 18.2 Å². The number of hydrogen-bond acceptors (Lipinski definition) is 5. The van der Waals surface area contributed by atoms with Gasteiger partial charge in [-0.05, 0) is 32.4 Å². The van der Waals surface area contributed by atoms with Crippen LogP contribution in [0.15, 0.2) is 6.20 Å². The van der Waals surface area contributed by atoms with Gasteiger partial charge in [0.2, 0.25) is 0 Å². The predicted molar refractivity (Wildman–Crippen MR) is 75.1 cm³/mol. The Bertz CT molecular complexity index is 456. The van der Waals surface area contributed by atoms with Crippen LogP contribution in [0.5, 0.6) is 0 Å². The molecular weight excluding hydrogens is 262 g/mol. The zero-order valence-electron chi connectivity index (χ0n) is 10.9. The highest BCUT2D eigenvalue weighted by Crippen LogP contribution is 2.28. The van der Waals surface area contributed by atoms with Crippen LogP contribution in [0.4, 0.5) is 5.13 Å². The number of nitrogens with zero attached hydrogens (tertiary/aromatic N) is 3. The minimum absolute atomic E-state index is 0.330. The summed E-state index contributed by atoms with van der Waals surface area (Å²) in [5, 5.41) is 9.80. The monoisotopic (exact) mass is 281 g/mol. The van der Waals surface area contributed by atoms with Gasteiger partial charge in [0.1, 0.15) is 4.88 Å². The lowest BCUT2D eigenvalue weighted by molar-refractivity contribution is 0.0702. The van der Waals surface area contributed by atoms with E-state index in [1.165, 1.54) is 56.3 Å². The molecule has 0 saturated carbocycles. The molecule has 19 heavy (non-hydrogen) atoms. The molecule has 2 aliphatic rings. The molecule has 2 aliphatic heterocycles. The Morgan fingerprint density at radius 3 is 2.79 bits per heavy atom. The van der Waals surface area contributed by atoms with E-state index in [1.807, 2.05) is 0 Å². The van der Waals surface area contributed by atoms with Crippen molar-refractivity contribution in [1.29, 1.82) is 0 Å². The molecule has 3 rings (SSSR count). The lowest BCUT2D eigenvalue weighted by atomic mass is 10.1. The van der Waals surface area contributed by atoms with Crippen molar-refractivity contribution in [2.45, 2.75) is 31.7 Å². The normalized spacial score (nSPS) is 24.8. The van der Waals surface area contributed by atoms with E-state index in [1.54, 1.807) is 0 Å². The van der Waals surface area contributed by atoms with Crippen molar-refractivity contribution in [1.82, 2.24) is 9.88 Å². The van der Waals surface area contributed by atoms with E-state index >= 15 is 0 Å². The van der Waals surface area contributed by atoms with Crippen LogP contribution in [-0.4, -0.2) is 53.2 Å². The maximum absolute atomic E-state index is 10.9. The SMILES string of the molecule is O=C(O)c1cnc(N2CCC(N3CCCCC3)C2)s1. The van der Waals surface area contributed by atoms with Crippen LogP contribution in [0.3, 0.4) is 0 Å².